The Morgan fingerprint density at radius 2 is 1.76 bits per heavy atom. The van der Waals surface area contributed by atoms with E-state index in [1.807, 2.05) is 38.1 Å². The molecule has 0 aliphatic carbocycles. The van der Waals surface area contributed by atoms with Gasteiger partial charge in [-0.3, -0.25) is 0 Å². The van der Waals surface area contributed by atoms with Crippen LogP contribution in [-0.4, -0.2) is 19.1 Å². The Labute approximate surface area is 133 Å². The first-order chi connectivity index (χ1) is 9.53. The molecule has 4 heteroatoms. The minimum absolute atomic E-state index is 0.198. The van der Waals surface area contributed by atoms with Crippen LogP contribution in [0.15, 0.2) is 40.1 Å². The smallest absolute Gasteiger partial charge is 0.192 e. The molecule has 0 aliphatic heterocycles. The fourth-order valence-corrected chi connectivity index (χ4v) is 3.46. The van der Waals surface area contributed by atoms with Crippen molar-refractivity contribution >= 4 is 19.1 Å². The summed E-state index contributed by atoms with van der Waals surface area (Å²) in [6.45, 7) is 15.7. The predicted molar refractivity (Wildman–Crippen MR) is 94.5 cm³/mol. The highest BCUT2D eigenvalue weighted by Gasteiger charge is 2.36. The Morgan fingerprint density at radius 1 is 1.24 bits per heavy atom. The molecule has 0 radical (unpaired) electrons. The molecule has 0 fully saturated rings. The third-order valence-electron chi connectivity index (χ3n) is 4.03. The molecule has 0 aliphatic rings. The molecule has 0 heterocycles. The summed E-state index contributed by atoms with van der Waals surface area (Å²) >= 11 is 0. The zero-order valence-corrected chi connectivity index (χ0v) is 16.1. The number of hydrogen-bond acceptors (Lipinski definition) is 2. The summed E-state index contributed by atoms with van der Waals surface area (Å²) in [5, 5.41) is 2.00. The summed E-state index contributed by atoms with van der Waals surface area (Å²) in [4.78, 5) is 0.840. The minimum atomic E-state index is -1.75. The van der Waals surface area contributed by atoms with E-state index in [9.17, 15) is 4.21 Å². The van der Waals surface area contributed by atoms with E-state index in [2.05, 4.69) is 33.9 Å². The van der Waals surface area contributed by atoms with E-state index in [1.165, 1.54) is 5.56 Å². The molecule has 1 atom stereocenters. The van der Waals surface area contributed by atoms with Crippen LogP contribution < -0.4 is 0 Å². The van der Waals surface area contributed by atoms with Crippen LogP contribution in [0.1, 0.15) is 33.3 Å². The number of aryl methyl sites for hydroxylation is 1. The molecular weight excluding hydrogens is 296 g/mol. The molecule has 2 nitrogen and oxygen atoms in total. The van der Waals surface area contributed by atoms with Gasteiger partial charge in [0, 0.05) is 10.3 Å². The van der Waals surface area contributed by atoms with Crippen molar-refractivity contribution in [2.45, 2.75) is 57.6 Å². The van der Waals surface area contributed by atoms with Gasteiger partial charge in [-0.15, -0.1) is 0 Å². The maximum Gasteiger partial charge on any atom is 0.192 e. The average molecular weight is 325 g/mol. The second-order valence-corrected chi connectivity index (χ2v) is 13.2. The average Bonchev–Trinajstić information content (AvgIpc) is 2.36. The third kappa shape index (κ3) is 5.53. The van der Waals surface area contributed by atoms with Crippen molar-refractivity contribution in [1.29, 1.82) is 0 Å². The van der Waals surface area contributed by atoms with Gasteiger partial charge in [-0.1, -0.05) is 38.5 Å². The zero-order chi connectivity index (χ0) is 16.3. The van der Waals surface area contributed by atoms with Crippen molar-refractivity contribution in [1.82, 2.24) is 0 Å². The summed E-state index contributed by atoms with van der Waals surface area (Å²) in [6, 6.07) is 7.82. The zero-order valence-electron chi connectivity index (χ0n) is 14.3. The van der Waals surface area contributed by atoms with E-state index in [-0.39, 0.29) is 5.04 Å². The molecule has 0 amide bonds. The minimum Gasteiger partial charge on any atom is -0.413 e. The molecule has 0 N–H and O–H groups in total. The molecule has 1 aromatic carbocycles. The third-order valence-corrected chi connectivity index (χ3v) is 9.86. The Morgan fingerprint density at radius 3 is 2.24 bits per heavy atom. The van der Waals surface area contributed by atoms with Crippen LogP contribution in [0.4, 0.5) is 0 Å². The molecule has 118 valence electrons. The van der Waals surface area contributed by atoms with E-state index in [1.54, 1.807) is 5.41 Å². The van der Waals surface area contributed by atoms with Crippen LogP contribution in [-0.2, 0) is 15.2 Å². The molecule has 0 unspecified atom stereocenters. The van der Waals surface area contributed by atoms with Crippen LogP contribution in [0.5, 0.6) is 0 Å². The lowest BCUT2D eigenvalue weighted by atomic mass is 10.2. The fourth-order valence-electron chi connectivity index (χ4n) is 1.47. The van der Waals surface area contributed by atoms with E-state index in [0.29, 0.717) is 6.61 Å². The number of hydrogen-bond donors (Lipinski definition) is 0. The van der Waals surface area contributed by atoms with E-state index >= 15 is 0 Å². The van der Waals surface area contributed by atoms with Crippen LogP contribution in [0, 0.1) is 6.92 Å². The van der Waals surface area contributed by atoms with Crippen molar-refractivity contribution in [3.63, 3.8) is 0 Å². The molecular formula is C17H28O2SSi. The van der Waals surface area contributed by atoms with Gasteiger partial charge in [-0.2, -0.15) is 0 Å². The van der Waals surface area contributed by atoms with Crippen molar-refractivity contribution in [3.8, 4) is 0 Å². The van der Waals surface area contributed by atoms with Crippen molar-refractivity contribution in [2.75, 3.05) is 6.61 Å². The summed E-state index contributed by atoms with van der Waals surface area (Å²) in [6.07, 6.45) is 0. The standard InChI is InChI=1S/C17H28O2SSi/c1-14-8-10-16(11-9-14)20(18)13-15(2)12-19-21(6,7)17(3,4)5/h8-11,13H,12H2,1-7H3/b15-13-/t20-/m1/s1. The van der Waals surface area contributed by atoms with Gasteiger partial charge in [-0.25, -0.2) is 4.21 Å². The molecule has 0 aromatic heterocycles. The van der Waals surface area contributed by atoms with Crippen molar-refractivity contribution < 1.29 is 8.63 Å². The van der Waals surface area contributed by atoms with Crippen LogP contribution in [0.25, 0.3) is 0 Å². The molecule has 0 saturated carbocycles. The maximum absolute atomic E-state index is 12.3. The Balaban J connectivity index is 2.69. The number of rotatable bonds is 5. The Kier molecular flexibility index (Phi) is 6.14. The molecule has 0 saturated heterocycles. The van der Waals surface area contributed by atoms with Crippen LogP contribution in [0.2, 0.25) is 18.1 Å². The monoisotopic (exact) mass is 324 g/mol. The SMILES string of the molecule is C/C(=C/[S@@](=O)c1ccc(C)cc1)CO[Si](C)(C)C(C)(C)C. The summed E-state index contributed by atoms with van der Waals surface area (Å²) in [5.74, 6) is 0. The molecule has 1 rings (SSSR count). The molecule has 21 heavy (non-hydrogen) atoms. The Bertz CT molecular complexity index is 525. The topological polar surface area (TPSA) is 26.3 Å². The predicted octanol–water partition coefficient (Wildman–Crippen LogP) is 5.03. The Hall–Kier alpha value is -0.713. The largest absolute Gasteiger partial charge is 0.413 e. The van der Waals surface area contributed by atoms with Gasteiger partial charge in [0.25, 0.3) is 0 Å². The summed E-state index contributed by atoms with van der Waals surface area (Å²) in [5.41, 5.74) is 2.21. The number of benzene rings is 1. The highest BCUT2D eigenvalue weighted by Crippen LogP contribution is 2.36. The van der Waals surface area contributed by atoms with E-state index in [4.69, 9.17) is 4.43 Å². The first-order valence-corrected chi connectivity index (χ1v) is 11.4. The first-order valence-electron chi connectivity index (χ1n) is 7.31. The summed E-state index contributed by atoms with van der Waals surface area (Å²) in [7, 11) is -2.84. The normalized spacial score (nSPS) is 15.1. The highest BCUT2D eigenvalue weighted by molar-refractivity contribution is 7.88. The molecule has 1 aromatic rings. The molecule has 0 spiro atoms. The van der Waals surface area contributed by atoms with E-state index < -0.39 is 19.1 Å². The van der Waals surface area contributed by atoms with Crippen molar-refractivity contribution in [3.05, 3.63) is 40.8 Å². The van der Waals surface area contributed by atoms with Gasteiger partial charge < -0.3 is 4.43 Å². The second-order valence-electron chi connectivity index (χ2n) is 7.12. The lowest BCUT2D eigenvalue weighted by molar-refractivity contribution is 0.319. The van der Waals surface area contributed by atoms with Gasteiger partial charge in [0.1, 0.15) is 0 Å². The first kappa shape index (κ1) is 18.3. The van der Waals surface area contributed by atoms with E-state index in [0.717, 1.165) is 10.5 Å². The quantitative estimate of drug-likeness (QED) is 0.710. The fraction of sp³-hybridized carbons (Fsp3) is 0.529. The lowest BCUT2D eigenvalue weighted by Crippen LogP contribution is -2.41. The van der Waals surface area contributed by atoms with Gasteiger partial charge in [-0.05, 0) is 49.7 Å². The summed E-state index contributed by atoms with van der Waals surface area (Å²) < 4.78 is 18.4. The van der Waals surface area contributed by atoms with Crippen LogP contribution >= 0.6 is 0 Å². The highest BCUT2D eigenvalue weighted by atomic mass is 32.2. The lowest BCUT2D eigenvalue weighted by Gasteiger charge is -2.36. The van der Waals surface area contributed by atoms with Gasteiger partial charge in [0.15, 0.2) is 8.32 Å². The second kappa shape index (κ2) is 7.03. The molecule has 0 bridgehead atoms. The maximum atomic E-state index is 12.3. The van der Waals surface area contributed by atoms with Crippen LogP contribution in [0.3, 0.4) is 0 Å². The van der Waals surface area contributed by atoms with Crippen molar-refractivity contribution in [2.24, 2.45) is 0 Å². The van der Waals surface area contributed by atoms with Gasteiger partial charge in [0.2, 0.25) is 0 Å². The van der Waals surface area contributed by atoms with Gasteiger partial charge in [0.05, 0.1) is 17.4 Å². The van der Waals surface area contributed by atoms with Gasteiger partial charge >= 0.3 is 0 Å².